The summed E-state index contributed by atoms with van der Waals surface area (Å²) in [5.41, 5.74) is 0. The molecule has 0 aromatic heterocycles. The molecule has 0 aliphatic carbocycles. The summed E-state index contributed by atoms with van der Waals surface area (Å²) in [5.74, 6) is -0.192. The molecular formula is C36H72N2O6P+. The van der Waals surface area contributed by atoms with E-state index >= 15 is 0 Å². The molecule has 3 N–H and O–H groups in total. The monoisotopic (exact) mass is 660 g/mol. The molecular weight excluding hydrogens is 587 g/mol. The summed E-state index contributed by atoms with van der Waals surface area (Å²) >= 11 is 0. The predicted molar refractivity (Wildman–Crippen MR) is 189 cm³/mol. The normalized spacial score (nSPS) is 15.1. The SMILES string of the molecule is CCCCCCC/C=C/C(O)C(COP(=O)(O)OCC[N+](C)(C)C)NC(=O)CCCCCCC/C=C\CCCCCCCCC. The zero-order valence-corrected chi connectivity index (χ0v) is 30.8. The maximum atomic E-state index is 12.7. The molecule has 3 unspecified atom stereocenters. The summed E-state index contributed by atoms with van der Waals surface area (Å²) in [6.45, 7) is 4.72. The molecule has 0 saturated carbocycles. The van der Waals surface area contributed by atoms with E-state index in [0.717, 1.165) is 51.4 Å². The number of phosphoric ester groups is 1. The van der Waals surface area contributed by atoms with E-state index in [-0.39, 0.29) is 19.1 Å². The van der Waals surface area contributed by atoms with Crippen LogP contribution in [0.15, 0.2) is 24.3 Å². The Kier molecular flexibility index (Phi) is 28.5. The lowest BCUT2D eigenvalue weighted by molar-refractivity contribution is -0.870. The third-order valence-corrected chi connectivity index (χ3v) is 8.90. The lowest BCUT2D eigenvalue weighted by Crippen LogP contribution is -2.45. The van der Waals surface area contributed by atoms with Crippen LogP contribution in [0.3, 0.4) is 0 Å². The number of hydrogen-bond acceptors (Lipinski definition) is 5. The third-order valence-electron chi connectivity index (χ3n) is 7.92. The van der Waals surface area contributed by atoms with E-state index in [9.17, 15) is 19.4 Å². The molecule has 0 bridgehead atoms. The van der Waals surface area contributed by atoms with Gasteiger partial charge in [-0.1, -0.05) is 122 Å². The molecule has 0 aliphatic heterocycles. The van der Waals surface area contributed by atoms with Crippen molar-refractivity contribution >= 4 is 13.7 Å². The van der Waals surface area contributed by atoms with Gasteiger partial charge in [0.15, 0.2) is 0 Å². The van der Waals surface area contributed by atoms with E-state index in [0.29, 0.717) is 17.4 Å². The van der Waals surface area contributed by atoms with Crippen LogP contribution in [0.1, 0.15) is 149 Å². The van der Waals surface area contributed by atoms with Crippen molar-refractivity contribution in [2.45, 2.75) is 161 Å². The first-order chi connectivity index (χ1) is 21.5. The van der Waals surface area contributed by atoms with E-state index in [4.69, 9.17) is 9.05 Å². The summed E-state index contributed by atoms with van der Waals surface area (Å²) in [4.78, 5) is 22.9. The molecule has 0 radical (unpaired) electrons. The Morgan fingerprint density at radius 2 is 1.20 bits per heavy atom. The first-order valence-electron chi connectivity index (χ1n) is 18.2. The number of nitrogens with one attached hydrogen (secondary N) is 1. The van der Waals surface area contributed by atoms with Crippen molar-refractivity contribution in [1.29, 1.82) is 0 Å². The van der Waals surface area contributed by atoms with Gasteiger partial charge >= 0.3 is 7.82 Å². The minimum Gasteiger partial charge on any atom is -0.387 e. The highest BCUT2D eigenvalue weighted by molar-refractivity contribution is 7.47. The first-order valence-corrected chi connectivity index (χ1v) is 19.7. The number of aliphatic hydroxyl groups excluding tert-OH is 1. The molecule has 1 amide bonds. The molecule has 9 heteroatoms. The zero-order valence-electron chi connectivity index (χ0n) is 29.9. The highest BCUT2D eigenvalue weighted by Gasteiger charge is 2.27. The fraction of sp³-hybridized carbons (Fsp3) is 0.861. The summed E-state index contributed by atoms with van der Waals surface area (Å²) in [5, 5.41) is 13.6. The van der Waals surface area contributed by atoms with Gasteiger partial charge in [0.05, 0.1) is 39.9 Å². The minimum absolute atomic E-state index is 0.0599. The van der Waals surface area contributed by atoms with E-state index < -0.39 is 20.0 Å². The number of hydrogen-bond donors (Lipinski definition) is 3. The number of carbonyl (C=O) groups excluding carboxylic acids is 1. The van der Waals surface area contributed by atoms with Crippen LogP contribution in [0.25, 0.3) is 0 Å². The minimum atomic E-state index is -4.32. The first kappa shape index (κ1) is 44.0. The van der Waals surface area contributed by atoms with Crippen LogP contribution >= 0.6 is 7.82 Å². The van der Waals surface area contributed by atoms with Crippen molar-refractivity contribution in [2.24, 2.45) is 0 Å². The summed E-state index contributed by atoms with van der Waals surface area (Å²) < 4.78 is 23.3. The Balaban J connectivity index is 4.43. The number of quaternary nitrogens is 1. The molecule has 0 rings (SSSR count). The molecule has 8 nitrogen and oxygen atoms in total. The fourth-order valence-corrected chi connectivity index (χ4v) is 5.65. The Hall–Kier alpha value is -1.02. The zero-order chi connectivity index (χ0) is 33.7. The van der Waals surface area contributed by atoms with E-state index in [1.165, 1.54) is 77.0 Å². The van der Waals surface area contributed by atoms with Gasteiger partial charge in [0.25, 0.3) is 0 Å². The molecule has 0 spiro atoms. The average Bonchev–Trinajstić information content (AvgIpc) is 2.97. The molecule has 45 heavy (non-hydrogen) atoms. The van der Waals surface area contributed by atoms with Crippen molar-refractivity contribution in [3.63, 3.8) is 0 Å². The van der Waals surface area contributed by atoms with Crippen LogP contribution in [0.5, 0.6) is 0 Å². The second-order valence-corrected chi connectivity index (χ2v) is 15.0. The second-order valence-electron chi connectivity index (χ2n) is 13.6. The van der Waals surface area contributed by atoms with Gasteiger partial charge in [0.2, 0.25) is 5.91 Å². The van der Waals surface area contributed by atoms with Crippen molar-refractivity contribution in [3.05, 3.63) is 24.3 Å². The van der Waals surface area contributed by atoms with Crippen LogP contribution in [-0.2, 0) is 18.4 Å². The van der Waals surface area contributed by atoms with Gasteiger partial charge in [-0.2, -0.15) is 0 Å². The number of carbonyl (C=O) groups is 1. The summed E-state index contributed by atoms with van der Waals surface area (Å²) in [6.07, 6.45) is 31.1. The van der Waals surface area contributed by atoms with Crippen LogP contribution in [0.4, 0.5) is 0 Å². The third kappa shape index (κ3) is 31.4. The number of amides is 1. The van der Waals surface area contributed by atoms with Crippen LogP contribution in [-0.4, -0.2) is 73.4 Å². The van der Waals surface area contributed by atoms with Gasteiger partial charge in [-0.05, 0) is 44.9 Å². The van der Waals surface area contributed by atoms with Gasteiger partial charge in [0.1, 0.15) is 13.2 Å². The number of rotatable bonds is 32. The lowest BCUT2D eigenvalue weighted by atomic mass is 10.1. The van der Waals surface area contributed by atoms with Gasteiger partial charge in [0, 0.05) is 6.42 Å². The highest BCUT2D eigenvalue weighted by atomic mass is 31.2. The Morgan fingerprint density at radius 1 is 0.733 bits per heavy atom. The standard InChI is InChI=1S/C36H71N2O6P/c1-6-8-10-12-14-15-16-17-18-19-20-21-22-24-26-28-30-36(40)37-34(35(39)29-27-25-23-13-11-9-7-2)33-44-45(41,42)43-32-31-38(3,4)5/h18-19,27,29,34-35,39H,6-17,20-26,28,30-33H2,1-5H3,(H-,37,40,41,42)/p+1/b19-18-,29-27+. The topological polar surface area (TPSA) is 105 Å². The molecule has 0 aromatic rings. The van der Waals surface area contributed by atoms with Gasteiger partial charge < -0.3 is 19.8 Å². The van der Waals surface area contributed by atoms with Gasteiger partial charge in [-0.3, -0.25) is 13.8 Å². The number of aliphatic hydroxyl groups is 1. The fourth-order valence-electron chi connectivity index (χ4n) is 4.91. The van der Waals surface area contributed by atoms with Crippen LogP contribution < -0.4 is 5.32 Å². The Labute approximate surface area is 277 Å². The second kappa shape index (κ2) is 29.1. The van der Waals surface area contributed by atoms with E-state index in [1.54, 1.807) is 6.08 Å². The van der Waals surface area contributed by atoms with Crippen molar-refractivity contribution in [1.82, 2.24) is 5.32 Å². The smallest absolute Gasteiger partial charge is 0.387 e. The number of nitrogens with zero attached hydrogens (tertiary/aromatic N) is 1. The molecule has 266 valence electrons. The molecule has 3 atom stereocenters. The van der Waals surface area contributed by atoms with E-state index in [1.807, 2.05) is 27.2 Å². The number of unbranched alkanes of at least 4 members (excludes halogenated alkanes) is 17. The molecule has 0 heterocycles. The quantitative estimate of drug-likeness (QED) is 0.0288. The number of likely N-dealkylation sites (N-methyl/N-ethyl adjacent to an activating group) is 1. The average molecular weight is 660 g/mol. The Bertz CT molecular complexity index is 799. The van der Waals surface area contributed by atoms with Crippen LogP contribution in [0, 0.1) is 0 Å². The highest BCUT2D eigenvalue weighted by Crippen LogP contribution is 2.43. The van der Waals surface area contributed by atoms with E-state index in [2.05, 4.69) is 31.3 Å². The van der Waals surface area contributed by atoms with Crippen molar-refractivity contribution in [3.8, 4) is 0 Å². The van der Waals surface area contributed by atoms with Crippen LogP contribution in [0.2, 0.25) is 0 Å². The van der Waals surface area contributed by atoms with Gasteiger partial charge in [-0.15, -0.1) is 0 Å². The summed E-state index contributed by atoms with van der Waals surface area (Å²) in [6, 6.07) is -0.843. The maximum absolute atomic E-state index is 12.7. The summed E-state index contributed by atoms with van der Waals surface area (Å²) in [7, 11) is 1.56. The van der Waals surface area contributed by atoms with Gasteiger partial charge in [-0.25, -0.2) is 4.57 Å². The molecule has 0 aromatic carbocycles. The molecule has 0 aliphatic rings. The lowest BCUT2D eigenvalue weighted by Gasteiger charge is -2.25. The largest absolute Gasteiger partial charge is 0.472 e. The maximum Gasteiger partial charge on any atom is 0.472 e. The molecule has 0 saturated heterocycles. The number of allylic oxidation sites excluding steroid dienone is 3. The Morgan fingerprint density at radius 3 is 1.71 bits per heavy atom. The number of phosphoric acid groups is 1. The predicted octanol–water partition coefficient (Wildman–Crippen LogP) is 9.02. The molecule has 0 fully saturated rings. The van der Waals surface area contributed by atoms with Crippen molar-refractivity contribution in [2.75, 3.05) is 40.9 Å². The van der Waals surface area contributed by atoms with Crippen molar-refractivity contribution < 1.29 is 32.9 Å².